The number of amides is 1. The molecule has 0 radical (unpaired) electrons. The molecular formula is C13H17FN2O2. The number of hydrogen-bond acceptors (Lipinski definition) is 3. The molecule has 5 heteroatoms. The minimum absolute atomic E-state index is 0.142. The molecule has 1 aliphatic rings. The van der Waals surface area contributed by atoms with Gasteiger partial charge in [-0.05, 0) is 24.6 Å². The van der Waals surface area contributed by atoms with E-state index in [1.807, 2.05) is 6.92 Å². The molecule has 1 amide bonds. The fourth-order valence-corrected chi connectivity index (χ4v) is 2.02. The van der Waals surface area contributed by atoms with E-state index in [1.165, 1.54) is 12.1 Å². The van der Waals surface area contributed by atoms with Gasteiger partial charge in [-0.2, -0.15) is 0 Å². The summed E-state index contributed by atoms with van der Waals surface area (Å²) in [5.41, 5.74) is 6.50. The van der Waals surface area contributed by atoms with Crippen LogP contribution in [-0.4, -0.2) is 25.2 Å². The van der Waals surface area contributed by atoms with Crippen LogP contribution >= 0.6 is 0 Å². The Kier molecular flexibility index (Phi) is 3.93. The molecule has 18 heavy (non-hydrogen) atoms. The summed E-state index contributed by atoms with van der Waals surface area (Å²) in [5, 5.41) is 2.83. The van der Waals surface area contributed by atoms with Crippen LogP contribution in [0.3, 0.4) is 0 Å². The van der Waals surface area contributed by atoms with Crippen LogP contribution in [0.1, 0.15) is 18.5 Å². The summed E-state index contributed by atoms with van der Waals surface area (Å²) in [6.45, 7) is 2.57. The van der Waals surface area contributed by atoms with Gasteiger partial charge in [0.2, 0.25) is 5.91 Å². The van der Waals surface area contributed by atoms with Crippen LogP contribution in [0.15, 0.2) is 24.3 Å². The van der Waals surface area contributed by atoms with Crippen molar-refractivity contribution in [2.24, 2.45) is 11.7 Å². The fourth-order valence-electron chi connectivity index (χ4n) is 2.02. The number of nitrogens with two attached hydrogens (primary N) is 1. The van der Waals surface area contributed by atoms with E-state index >= 15 is 0 Å². The Morgan fingerprint density at radius 3 is 2.94 bits per heavy atom. The largest absolute Gasteiger partial charge is 0.379 e. The zero-order chi connectivity index (χ0) is 13.1. The lowest BCUT2D eigenvalue weighted by Crippen LogP contribution is -2.41. The molecule has 1 aromatic carbocycles. The van der Waals surface area contributed by atoms with Crippen LogP contribution in [0.2, 0.25) is 0 Å². The average molecular weight is 252 g/mol. The minimum Gasteiger partial charge on any atom is -0.379 e. The van der Waals surface area contributed by atoms with E-state index in [0.717, 1.165) is 5.56 Å². The molecular weight excluding hydrogens is 235 g/mol. The van der Waals surface area contributed by atoms with Gasteiger partial charge in [-0.15, -0.1) is 0 Å². The molecule has 1 heterocycles. The quantitative estimate of drug-likeness (QED) is 0.842. The first-order valence-corrected chi connectivity index (χ1v) is 5.97. The zero-order valence-electron chi connectivity index (χ0n) is 10.2. The second-order valence-corrected chi connectivity index (χ2v) is 4.59. The molecule has 2 unspecified atom stereocenters. The summed E-state index contributed by atoms with van der Waals surface area (Å²) in [5.74, 6) is -0.771. The third-order valence-electron chi connectivity index (χ3n) is 3.17. The highest BCUT2D eigenvalue weighted by Gasteiger charge is 2.31. The number of carbonyl (C=O) groups is 1. The lowest BCUT2D eigenvalue weighted by Gasteiger charge is -2.18. The predicted molar refractivity (Wildman–Crippen MR) is 65.2 cm³/mol. The van der Waals surface area contributed by atoms with Crippen molar-refractivity contribution >= 4 is 5.91 Å². The summed E-state index contributed by atoms with van der Waals surface area (Å²) >= 11 is 0. The smallest absolute Gasteiger partial charge is 0.227 e. The molecule has 1 fully saturated rings. The maximum atomic E-state index is 13.1. The zero-order valence-corrected chi connectivity index (χ0v) is 10.2. The van der Waals surface area contributed by atoms with Crippen molar-refractivity contribution in [3.8, 4) is 0 Å². The summed E-state index contributed by atoms with van der Waals surface area (Å²) in [7, 11) is 0. The molecule has 0 spiro atoms. The van der Waals surface area contributed by atoms with E-state index in [9.17, 15) is 9.18 Å². The van der Waals surface area contributed by atoms with Crippen molar-refractivity contribution in [2.45, 2.75) is 19.0 Å². The van der Waals surface area contributed by atoms with Crippen molar-refractivity contribution < 1.29 is 13.9 Å². The van der Waals surface area contributed by atoms with Crippen LogP contribution in [-0.2, 0) is 9.53 Å². The molecule has 1 aromatic rings. The number of hydrogen-bond donors (Lipinski definition) is 2. The molecule has 0 saturated carbocycles. The third-order valence-corrected chi connectivity index (χ3v) is 3.17. The number of carbonyl (C=O) groups excluding carboxylic acids is 1. The number of rotatable bonds is 3. The van der Waals surface area contributed by atoms with Crippen molar-refractivity contribution in [2.75, 3.05) is 13.2 Å². The highest BCUT2D eigenvalue weighted by atomic mass is 19.1. The van der Waals surface area contributed by atoms with Crippen molar-refractivity contribution in [3.05, 3.63) is 35.6 Å². The summed E-state index contributed by atoms with van der Waals surface area (Å²) in [6.07, 6.45) is 0. The van der Waals surface area contributed by atoms with Crippen LogP contribution in [0.5, 0.6) is 0 Å². The second kappa shape index (κ2) is 5.46. The Bertz CT molecular complexity index is 439. The first kappa shape index (κ1) is 13.0. The van der Waals surface area contributed by atoms with Gasteiger partial charge < -0.3 is 15.8 Å². The van der Waals surface area contributed by atoms with E-state index in [-0.39, 0.29) is 29.7 Å². The SMILES string of the molecule is C[C@@H](NC(=O)C1COCC1N)c1cccc(F)c1. The van der Waals surface area contributed by atoms with E-state index in [1.54, 1.807) is 12.1 Å². The number of nitrogens with one attached hydrogen (secondary N) is 1. The van der Waals surface area contributed by atoms with Gasteiger partial charge in [0.1, 0.15) is 5.82 Å². The highest BCUT2D eigenvalue weighted by Crippen LogP contribution is 2.17. The normalized spacial score (nSPS) is 24.8. The van der Waals surface area contributed by atoms with Crippen molar-refractivity contribution in [3.63, 3.8) is 0 Å². The highest BCUT2D eigenvalue weighted by molar-refractivity contribution is 5.80. The molecule has 0 aromatic heterocycles. The lowest BCUT2D eigenvalue weighted by molar-refractivity contribution is -0.125. The van der Waals surface area contributed by atoms with E-state index < -0.39 is 0 Å². The Morgan fingerprint density at radius 2 is 2.33 bits per heavy atom. The van der Waals surface area contributed by atoms with Gasteiger partial charge in [0.05, 0.1) is 25.2 Å². The van der Waals surface area contributed by atoms with E-state index in [4.69, 9.17) is 10.5 Å². The van der Waals surface area contributed by atoms with Crippen molar-refractivity contribution in [1.82, 2.24) is 5.32 Å². The minimum atomic E-state index is -0.319. The van der Waals surface area contributed by atoms with Crippen LogP contribution in [0.4, 0.5) is 4.39 Å². The number of halogens is 1. The summed E-state index contributed by atoms with van der Waals surface area (Å²) in [4.78, 5) is 12.0. The maximum Gasteiger partial charge on any atom is 0.227 e. The monoisotopic (exact) mass is 252 g/mol. The Morgan fingerprint density at radius 1 is 1.56 bits per heavy atom. The molecule has 2 rings (SSSR count). The fraction of sp³-hybridized carbons (Fsp3) is 0.462. The molecule has 3 N–H and O–H groups in total. The number of benzene rings is 1. The van der Waals surface area contributed by atoms with Gasteiger partial charge in [-0.1, -0.05) is 12.1 Å². The lowest BCUT2D eigenvalue weighted by atomic mass is 10.0. The average Bonchev–Trinajstić information content (AvgIpc) is 2.75. The van der Waals surface area contributed by atoms with Crippen LogP contribution < -0.4 is 11.1 Å². The van der Waals surface area contributed by atoms with E-state index in [2.05, 4.69) is 5.32 Å². The Hall–Kier alpha value is -1.46. The second-order valence-electron chi connectivity index (χ2n) is 4.59. The first-order valence-electron chi connectivity index (χ1n) is 5.97. The van der Waals surface area contributed by atoms with Crippen LogP contribution in [0.25, 0.3) is 0 Å². The van der Waals surface area contributed by atoms with Gasteiger partial charge in [0, 0.05) is 6.04 Å². The summed E-state index contributed by atoms with van der Waals surface area (Å²) < 4.78 is 18.2. The van der Waals surface area contributed by atoms with Gasteiger partial charge in [0.25, 0.3) is 0 Å². The van der Waals surface area contributed by atoms with Gasteiger partial charge >= 0.3 is 0 Å². The Labute approximate surface area is 105 Å². The molecule has 0 aliphatic carbocycles. The molecule has 3 atom stereocenters. The molecule has 4 nitrogen and oxygen atoms in total. The van der Waals surface area contributed by atoms with Crippen LogP contribution in [0, 0.1) is 11.7 Å². The third kappa shape index (κ3) is 2.86. The van der Waals surface area contributed by atoms with Gasteiger partial charge in [-0.25, -0.2) is 4.39 Å². The topological polar surface area (TPSA) is 64.3 Å². The van der Waals surface area contributed by atoms with Gasteiger partial charge in [-0.3, -0.25) is 4.79 Å². The number of ether oxygens (including phenoxy) is 1. The summed E-state index contributed by atoms with van der Waals surface area (Å²) in [6, 6.07) is 5.68. The first-order chi connectivity index (χ1) is 8.58. The molecule has 0 bridgehead atoms. The standard InChI is InChI=1S/C13H17FN2O2/c1-8(9-3-2-4-10(14)5-9)16-13(17)11-6-18-7-12(11)15/h2-5,8,11-12H,6-7,15H2,1H3,(H,16,17)/t8-,11?,12?/m1/s1. The molecule has 1 aliphatic heterocycles. The van der Waals surface area contributed by atoms with Gasteiger partial charge in [0.15, 0.2) is 0 Å². The van der Waals surface area contributed by atoms with Crippen molar-refractivity contribution in [1.29, 1.82) is 0 Å². The predicted octanol–water partition coefficient (Wildman–Crippen LogP) is 0.977. The Balaban J connectivity index is 1.98. The maximum absolute atomic E-state index is 13.1. The molecule has 98 valence electrons. The molecule has 1 saturated heterocycles. The van der Waals surface area contributed by atoms with E-state index in [0.29, 0.717) is 13.2 Å².